The minimum absolute atomic E-state index is 0.246. The Morgan fingerprint density at radius 2 is 1.21 bits per heavy atom. The summed E-state index contributed by atoms with van der Waals surface area (Å²) in [5.41, 5.74) is -0.608. The van der Waals surface area contributed by atoms with E-state index in [1.165, 1.54) is 0 Å². The number of hydrogen-bond donors (Lipinski definition) is 0. The SMILES string of the molecule is C#CCCC(CC#C)(CO[Si](CC)(CC)CC)C(C)(C)O[Si](CC)(CC)CC. The Morgan fingerprint density at radius 3 is 1.57 bits per heavy atom. The molecule has 0 fully saturated rings. The van der Waals surface area contributed by atoms with E-state index in [1.807, 2.05) is 0 Å². The van der Waals surface area contributed by atoms with E-state index < -0.39 is 16.6 Å². The molecule has 162 valence electrons. The first-order chi connectivity index (χ1) is 13.1. The second-order valence-electron chi connectivity index (χ2n) is 8.75. The van der Waals surface area contributed by atoms with Crippen molar-refractivity contribution >= 4 is 16.6 Å². The summed E-state index contributed by atoms with van der Waals surface area (Å²) in [7, 11) is -3.52. The van der Waals surface area contributed by atoms with E-state index in [4.69, 9.17) is 21.7 Å². The molecule has 1 atom stereocenters. The lowest BCUT2D eigenvalue weighted by molar-refractivity contribution is -0.0712. The van der Waals surface area contributed by atoms with Crippen molar-refractivity contribution < 1.29 is 8.85 Å². The smallest absolute Gasteiger partial charge is 0.192 e. The summed E-state index contributed by atoms with van der Waals surface area (Å²) in [4.78, 5) is 0. The maximum atomic E-state index is 7.06. The van der Waals surface area contributed by atoms with Gasteiger partial charge in [0, 0.05) is 24.9 Å². The van der Waals surface area contributed by atoms with Crippen molar-refractivity contribution in [2.24, 2.45) is 5.41 Å². The highest BCUT2D eigenvalue weighted by Gasteiger charge is 2.50. The van der Waals surface area contributed by atoms with E-state index in [1.54, 1.807) is 0 Å². The molecular formula is C24H46O2Si2. The van der Waals surface area contributed by atoms with Gasteiger partial charge in [0.25, 0.3) is 0 Å². The molecule has 1 unspecified atom stereocenters. The maximum Gasteiger partial charge on any atom is 0.192 e. The van der Waals surface area contributed by atoms with Gasteiger partial charge in [0.05, 0.1) is 5.60 Å². The molecule has 0 radical (unpaired) electrons. The molecule has 0 heterocycles. The molecule has 0 amide bonds. The minimum Gasteiger partial charge on any atom is -0.416 e. The quantitative estimate of drug-likeness (QED) is 0.205. The van der Waals surface area contributed by atoms with Crippen LogP contribution in [0.1, 0.15) is 74.7 Å². The van der Waals surface area contributed by atoms with Crippen LogP contribution in [-0.4, -0.2) is 28.8 Å². The van der Waals surface area contributed by atoms with E-state index >= 15 is 0 Å². The first-order valence-electron chi connectivity index (χ1n) is 11.4. The molecule has 0 aliphatic heterocycles. The fourth-order valence-electron chi connectivity index (χ4n) is 4.37. The van der Waals surface area contributed by atoms with Crippen molar-refractivity contribution in [2.45, 2.75) is 117 Å². The average molecular weight is 423 g/mol. The molecule has 4 heteroatoms. The molecule has 28 heavy (non-hydrogen) atoms. The van der Waals surface area contributed by atoms with Crippen molar-refractivity contribution in [3.8, 4) is 24.7 Å². The number of rotatable bonds is 15. The fourth-order valence-corrected chi connectivity index (χ4v) is 10.3. The van der Waals surface area contributed by atoms with Crippen molar-refractivity contribution in [1.29, 1.82) is 0 Å². The fraction of sp³-hybridized carbons (Fsp3) is 0.833. The van der Waals surface area contributed by atoms with Gasteiger partial charge < -0.3 is 8.85 Å². The van der Waals surface area contributed by atoms with Crippen LogP contribution in [0.3, 0.4) is 0 Å². The highest BCUT2D eigenvalue weighted by atomic mass is 28.4. The van der Waals surface area contributed by atoms with Gasteiger partial charge in [-0.25, -0.2) is 0 Å². The molecule has 0 saturated heterocycles. The van der Waals surface area contributed by atoms with Crippen LogP contribution in [0.15, 0.2) is 0 Å². The Morgan fingerprint density at radius 1 is 0.750 bits per heavy atom. The van der Waals surface area contributed by atoms with Crippen molar-refractivity contribution in [1.82, 2.24) is 0 Å². The lowest BCUT2D eigenvalue weighted by atomic mass is 9.69. The Balaban J connectivity index is 6.06. The van der Waals surface area contributed by atoms with E-state index in [2.05, 4.69) is 67.2 Å². The van der Waals surface area contributed by atoms with Crippen molar-refractivity contribution in [3.05, 3.63) is 0 Å². The van der Waals surface area contributed by atoms with Gasteiger partial charge in [-0.3, -0.25) is 0 Å². The second-order valence-corrected chi connectivity index (χ2v) is 18.2. The number of terminal acetylenes is 2. The molecule has 0 spiro atoms. The second kappa shape index (κ2) is 12.2. The number of hydrogen-bond acceptors (Lipinski definition) is 2. The highest BCUT2D eigenvalue weighted by molar-refractivity contribution is 6.74. The van der Waals surface area contributed by atoms with Crippen LogP contribution in [0.25, 0.3) is 0 Å². The van der Waals surface area contributed by atoms with Gasteiger partial charge in [-0.15, -0.1) is 24.7 Å². The van der Waals surface area contributed by atoms with Crippen LogP contribution >= 0.6 is 0 Å². The predicted octanol–water partition coefficient (Wildman–Crippen LogP) is 7.23. The summed E-state index contributed by atoms with van der Waals surface area (Å²) in [6.07, 6.45) is 13.8. The van der Waals surface area contributed by atoms with Crippen LogP contribution in [-0.2, 0) is 8.85 Å². The summed E-state index contributed by atoms with van der Waals surface area (Å²) in [6, 6.07) is 6.80. The van der Waals surface area contributed by atoms with Crippen LogP contribution in [0.5, 0.6) is 0 Å². The lowest BCUT2D eigenvalue weighted by Gasteiger charge is -2.51. The largest absolute Gasteiger partial charge is 0.416 e. The zero-order valence-electron chi connectivity index (χ0n) is 20.0. The van der Waals surface area contributed by atoms with Gasteiger partial charge in [-0.1, -0.05) is 41.5 Å². The molecule has 0 rings (SSSR count). The molecule has 2 nitrogen and oxygen atoms in total. The monoisotopic (exact) mass is 422 g/mol. The lowest BCUT2D eigenvalue weighted by Crippen LogP contribution is -2.56. The van der Waals surface area contributed by atoms with Crippen LogP contribution < -0.4 is 0 Å². The minimum atomic E-state index is -1.80. The summed E-state index contributed by atoms with van der Waals surface area (Å²) < 4.78 is 13.9. The molecule has 0 N–H and O–H groups in total. The van der Waals surface area contributed by atoms with Crippen LogP contribution in [0.4, 0.5) is 0 Å². The predicted molar refractivity (Wildman–Crippen MR) is 129 cm³/mol. The summed E-state index contributed by atoms with van der Waals surface area (Å²) in [5.74, 6) is 5.80. The van der Waals surface area contributed by atoms with E-state index in [9.17, 15) is 0 Å². The summed E-state index contributed by atoms with van der Waals surface area (Å²) >= 11 is 0. The Kier molecular flexibility index (Phi) is 12.0. The molecule has 0 saturated carbocycles. The third kappa shape index (κ3) is 6.49. The molecule has 0 aliphatic rings. The third-order valence-electron chi connectivity index (χ3n) is 7.46. The summed E-state index contributed by atoms with van der Waals surface area (Å²) in [5, 5.41) is 0. The van der Waals surface area contributed by atoms with Crippen LogP contribution in [0.2, 0.25) is 36.3 Å². The summed E-state index contributed by atoms with van der Waals surface area (Å²) in [6.45, 7) is 18.8. The molecular weight excluding hydrogens is 376 g/mol. The van der Waals surface area contributed by atoms with Crippen LogP contribution in [0, 0.1) is 30.1 Å². The molecule has 0 bridgehead atoms. The normalized spacial score (nSPS) is 14.9. The Hall–Kier alpha value is -0.526. The van der Waals surface area contributed by atoms with Crippen molar-refractivity contribution in [3.63, 3.8) is 0 Å². The van der Waals surface area contributed by atoms with Crippen molar-refractivity contribution in [2.75, 3.05) is 6.61 Å². The zero-order chi connectivity index (χ0) is 21.9. The maximum absolute atomic E-state index is 7.06. The van der Waals surface area contributed by atoms with Gasteiger partial charge in [-0.05, 0) is 56.5 Å². The van der Waals surface area contributed by atoms with Gasteiger partial charge in [0.1, 0.15) is 0 Å². The molecule has 0 aromatic rings. The highest BCUT2D eigenvalue weighted by Crippen LogP contribution is 2.46. The molecule has 0 aromatic heterocycles. The van der Waals surface area contributed by atoms with Gasteiger partial charge in [-0.2, -0.15) is 0 Å². The van der Waals surface area contributed by atoms with Gasteiger partial charge >= 0.3 is 0 Å². The zero-order valence-corrected chi connectivity index (χ0v) is 22.0. The Labute approximate surface area is 178 Å². The Bertz CT molecular complexity index is 505. The third-order valence-corrected chi connectivity index (χ3v) is 16.9. The van der Waals surface area contributed by atoms with Gasteiger partial charge in [0.15, 0.2) is 16.6 Å². The van der Waals surface area contributed by atoms with E-state index in [0.29, 0.717) is 19.4 Å². The topological polar surface area (TPSA) is 18.5 Å². The average Bonchev–Trinajstić information content (AvgIpc) is 2.71. The standard InChI is InChI=1S/C24H46O2Si2/c1-11-19-21-24(20-12-2,22-25-27(13-3,14-4)15-5)23(9,10)26-28(16-6,17-7)18-8/h1-2H,13-22H2,3-10H3. The van der Waals surface area contributed by atoms with E-state index in [0.717, 1.165) is 42.7 Å². The van der Waals surface area contributed by atoms with Gasteiger partial charge in [0.2, 0.25) is 0 Å². The molecule has 0 aromatic carbocycles. The molecule has 0 aliphatic carbocycles. The first-order valence-corrected chi connectivity index (χ1v) is 16.4. The first kappa shape index (κ1) is 27.5. The van der Waals surface area contributed by atoms with E-state index in [-0.39, 0.29) is 11.0 Å².